The Labute approximate surface area is 106 Å². The highest BCUT2D eigenvalue weighted by Crippen LogP contribution is 2.32. The molecular weight excluding hydrogens is 228 g/mol. The van der Waals surface area contributed by atoms with E-state index in [9.17, 15) is 5.11 Å². The molecule has 1 saturated carbocycles. The average Bonchev–Trinajstić information content (AvgIpc) is 2.66. The molecule has 0 aromatic carbocycles. The molecule has 5 nitrogen and oxygen atoms in total. The van der Waals surface area contributed by atoms with Crippen LogP contribution < -0.4 is 5.73 Å². The second-order valence-electron chi connectivity index (χ2n) is 5.10. The number of pyridine rings is 1. The Morgan fingerprint density at radius 3 is 2.67 bits per heavy atom. The first-order valence-corrected chi connectivity index (χ1v) is 6.44. The maximum Gasteiger partial charge on any atom is 0.202 e. The average molecular weight is 246 g/mol. The van der Waals surface area contributed by atoms with Gasteiger partial charge in [0.2, 0.25) is 5.95 Å². The van der Waals surface area contributed by atoms with E-state index in [1.165, 1.54) is 0 Å². The number of nitrogen functional groups attached to an aromatic ring is 1. The first-order chi connectivity index (χ1) is 8.65. The number of nitrogens with two attached hydrogens (primary N) is 1. The molecule has 0 atom stereocenters. The van der Waals surface area contributed by atoms with Crippen molar-refractivity contribution in [2.24, 2.45) is 0 Å². The van der Waals surface area contributed by atoms with Gasteiger partial charge in [-0.25, -0.2) is 9.97 Å². The highest BCUT2D eigenvalue weighted by Gasteiger charge is 2.24. The summed E-state index contributed by atoms with van der Waals surface area (Å²) in [4.78, 5) is 8.91. The number of aromatic nitrogens is 3. The minimum Gasteiger partial charge on any atom is -0.393 e. The van der Waals surface area contributed by atoms with Gasteiger partial charge < -0.3 is 10.8 Å². The van der Waals surface area contributed by atoms with E-state index in [1.54, 1.807) is 0 Å². The topological polar surface area (TPSA) is 77.0 Å². The van der Waals surface area contributed by atoms with Crippen LogP contribution in [0.2, 0.25) is 0 Å². The lowest BCUT2D eigenvalue weighted by Gasteiger charge is -2.27. The van der Waals surface area contributed by atoms with Crippen LogP contribution in [0, 0.1) is 6.92 Å². The molecule has 2 heterocycles. The van der Waals surface area contributed by atoms with Crippen molar-refractivity contribution in [1.82, 2.24) is 14.5 Å². The maximum absolute atomic E-state index is 9.58. The third-order valence-electron chi connectivity index (χ3n) is 3.74. The molecule has 0 bridgehead atoms. The van der Waals surface area contributed by atoms with Crippen molar-refractivity contribution < 1.29 is 5.11 Å². The molecule has 96 valence electrons. The Morgan fingerprint density at radius 1 is 1.22 bits per heavy atom. The first kappa shape index (κ1) is 11.5. The fourth-order valence-electron chi connectivity index (χ4n) is 2.76. The number of rotatable bonds is 1. The van der Waals surface area contributed by atoms with Gasteiger partial charge in [-0.05, 0) is 44.7 Å². The molecule has 0 spiro atoms. The van der Waals surface area contributed by atoms with Crippen LogP contribution in [0.15, 0.2) is 12.1 Å². The van der Waals surface area contributed by atoms with Gasteiger partial charge in [-0.15, -0.1) is 0 Å². The van der Waals surface area contributed by atoms with E-state index < -0.39 is 0 Å². The lowest BCUT2D eigenvalue weighted by atomic mass is 9.93. The van der Waals surface area contributed by atoms with Crippen LogP contribution in [0.5, 0.6) is 0 Å². The molecule has 1 aliphatic carbocycles. The SMILES string of the molecule is Cc1ccc2nc(N)n(C3CCC(O)CC3)c2n1. The number of aliphatic hydroxyl groups is 1. The van der Waals surface area contributed by atoms with E-state index in [2.05, 4.69) is 9.97 Å². The molecule has 3 rings (SSSR count). The van der Waals surface area contributed by atoms with Crippen LogP contribution in [0.25, 0.3) is 11.2 Å². The number of hydrogen-bond acceptors (Lipinski definition) is 4. The fourth-order valence-corrected chi connectivity index (χ4v) is 2.76. The first-order valence-electron chi connectivity index (χ1n) is 6.44. The predicted octanol–water partition coefficient (Wildman–Crippen LogP) is 1.80. The Balaban J connectivity index is 2.05. The maximum atomic E-state index is 9.58. The lowest BCUT2D eigenvalue weighted by molar-refractivity contribution is 0.112. The number of imidazole rings is 1. The Hall–Kier alpha value is -1.62. The van der Waals surface area contributed by atoms with Crippen LogP contribution in [-0.4, -0.2) is 25.7 Å². The second-order valence-corrected chi connectivity index (χ2v) is 5.10. The van der Waals surface area contributed by atoms with E-state index in [-0.39, 0.29) is 6.10 Å². The monoisotopic (exact) mass is 246 g/mol. The van der Waals surface area contributed by atoms with Gasteiger partial charge in [0.1, 0.15) is 5.52 Å². The van der Waals surface area contributed by atoms with Gasteiger partial charge in [-0.3, -0.25) is 4.57 Å². The van der Waals surface area contributed by atoms with E-state index in [0.717, 1.165) is 42.5 Å². The van der Waals surface area contributed by atoms with Gasteiger partial charge in [0.25, 0.3) is 0 Å². The number of anilines is 1. The number of fused-ring (bicyclic) bond motifs is 1. The van der Waals surface area contributed by atoms with Gasteiger partial charge in [-0.1, -0.05) is 0 Å². The molecule has 0 aliphatic heterocycles. The Bertz CT molecular complexity index is 570. The smallest absolute Gasteiger partial charge is 0.202 e. The molecule has 0 amide bonds. The molecule has 5 heteroatoms. The summed E-state index contributed by atoms with van der Waals surface area (Å²) in [5.41, 5.74) is 8.71. The summed E-state index contributed by atoms with van der Waals surface area (Å²) in [6.45, 7) is 1.97. The van der Waals surface area contributed by atoms with E-state index >= 15 is 0 Å². The third kappa shape index (κ3) is 1.84. The summed E-state index contributed by atoms with van der Waals surface area (Å²) in [7, 11) is 0. The predicted molar refractivity (Wildman–Crippen MR) is 70.2 cm³/mol. The summed E-state index contributed by atoms with van der Waals surface area (Å²) < 4.78 is 2.04. The summed E-state index contributed by atoms with van der Waals surface area (Å²) in [6, 6.07) is 4.22. The van der Waals surface area contributed by atoms with Crippen molar-refractivity contribution in [2.75, 3.05) is 5.73 Å². The molecule has 3 N–H and O–H groups in total. The zero-order valence-electron chi connectivity index (χ0n) is 10.5. The molecule has 0 radical (unpaired) electrons. The quantitative estimate of drug-likeness (QED) is 0.804. The summed E-state index contributed by atoms with van der Waals surface area (Å²) in [6.07, 6.45) is 3.37. The number of nitrogens with zero attached hydrogens (tertiary/aromatic N) is 3. The Kier molecular flexibility index (Phi) is 2.70. The molecule has 1 fully saturated rings. The van der Waals surface area contributed by atoms with E-state index in [0.29, 0.717) is 12.0 Å². The molecule has 0 unspecified atom stereocenters. The minimum absolute atomic E-state index is 0.160. The van der Waals surface area contributed by atoms with Gasteiger partial charge in [0.15, 0.2) is 5.65 Å². The van der Waals surface area contributed by atoms with Crippen LogP contribution in [0.1, 0.15) is 37.4 Å². The molecule has 18 heavy (non-hydrogen) atoms. The number of aryl methyl sites for hydroxylation is 1. The minimum atomic E-state index is -0.160. The van der Waals surface area contributed by atoms with Crippen LogP contribution in [-0.2, 0) is 0 Å². The van der Waals surface area contributed by atoms with E-state index in [4.69, 9.17) is 5.73 Å². The zero-order valence-corrected chi connectivity index (χ0v) is 10.5. The van der Waals surface area contributed by atoms with Crippen LogP contribution >= 0.6 is 0 Å². The molecule has 0 saturated heterocycles. The number of hydrogen-bond donors (Lipinski definition) is 2. The van der Waals surface area contributed by atoms with Crippen molar-refractivity contribution in [3.8, 4) is 0 Å². The largest absolute Gasteiger partial charge is 0.393 e. The zero-order chi connectivity index (χ0) is 12.7. The molecule has 2 aromatic heterocycles. The third-order valence-corrected chi connectivity index (χ3v) is 3.74. The number of aliphatic hydroxyl groups excluding tert-OH is 1. The summed E-state index contributed by atoms with van der Waals surface area (Å²) in [5.74, 6) is 0.532. The van der Waals surface area contributed by atoms with Crippen molar-refractivity contribution >= 4 is 17.1 Å². The summed E-state index contributed by atoms with van der Waals surface area (Å²) >= 11 is 0. The fraction of sp³-hybridized carbons (Fsp3) is 0.538. The van der Waals surface area contributed by atoms with Crippen molar-refractivity contribution in [3.05, 3.63) is 17.8 Å². The van der Waals surface area contributed by atoms with Crippen molar-refractivity contribution in [1.29, 1.82) is 0 Å². The van der Waals surface area contributed by atoms with Crippen LogP contribution in [0.3, 0.4) is 0 Å². The summed E-state index contributed by atoms with van der Waals surface area (Å²) in [5, 5.41) is 9.58. The standard InChI is InChI=1S/C13H18N4O/c1-8-2-7-11-12(15-8)17(13(14)16-11)9-3-5-10(18)6-4-9/h2,7,9-10,18H,3-6H2,1H3,(H2,14,16). The molecule has 1 aliphatic rings. The van der Waals surface area contributed by atoms with Gasteiger partial charge in [0, 0.05) is 11.7 Å². The lowest BCUT2D eigenvalue weighted by Crippen LogP contribution is -2.22. The highest BCUT2D eigenvalue weighted by atomic mass is 16.3. The molecule has 2 aromatic rings. The van der Waals surface area contributed by atoms with Gasteiger partial charge in [0.05, 0.1) is 6.10 Å². The van der Waals surface area contributed by atoms with Gasteiger partial charge in [-0.2, -0.15) is 0 Å². The van der Waals surface area contributed by atoms with Gasteiger partial charge >= 0.3 is 0 Å². The highest BCUT2D eigenvalue weighted by molar-refractivity contribution is 5.74. The van der Waals surface area contributed by atoms with E-state index in [1.807, 2.05) is 23.6 Å². The van der Waals surface area contributed by atoms with Crippen LogP contribution in [0.4, 0.5) is 5.95 Å². The normalized spacial score (nSPS) is 24.6. The van der Waals surface area contributed by atoms with Crippen molar-refractivity contribution in [2.45, 2.75) is 44.8 Å². The van der Waals surface area contributed by atoms with Crippen molar-refractivity contribution in [3.63, 3.8) is 0 Å². The Morgan fingerprint density at radius 2 is 1.94 bits per heavy atom. The molecular formula is C13H18N4O. The second kappa shape index (κ2) is 4.24.